The Morgan fingerprint density at radius 3 is 3.00 bits per heavy atom. The summed E-state index contributed by atoms with van der Waals surface area (Å²) in [6.07, 6.45) is 2.93. The van der Waals surface area contributed by atoms with Gasteiger partial charge in [0.2, 0.25) is 5.91 Å². The van der Waals surface area contributed by atoms with Gasteiger partial charge in [-0.1, -0.05) is 0 Å². The molecule has 0 radical (unpaired) electrons. The smallest absolute Gasteiger partial charge is 0.223 e. The number of aromatic nitrogens is 3. The molecule has 1 unspecified atom stereocenters. The third-order valence-corrected chi connectivity index (χ3v) is 3.31. The van der Waals surface area contributed by atoms with E-state index in [-0.39, 0.29) is 5.91 Å². The number of aromatic amines is 1. The van der Waals surface area contributed by atoms with E-state index >= 15 is 0 Å². The van der Waals surface area contributed by atoms with Crippen LogP contribution in [0.4, 0.5) is 0 Å². The van der Waals surface area contributed by atoms with Crippen molar-refractivity contribution in [3.63, 3.8) is 0 Å². The molecule has 1 aliphatic rings. The third-order valence-electron chi connectivity index (χ3n) is 3.31. The number of carbonyl (C=O) groups excluding carboxylic acids is 1. The van der Waals surface area contributed by atoms with Gasteiger partial charge in [-0.2, -0.15) is 5.10 Å². The van der Waals surface area contributed by atoms with Gasteiger partial charge in [0.05, 0.1) is 6.54 Å². The number of H-pyrrole nitrogens is 1. The maximum atomic E-state index is 12.1. The van der Waals surface area contributed by atoms with Gasteiger partial charge in [-0.25, -0.2) is 4.98 Å². The SMILES string of the molecule is Cc1nc(CN(C)C(=O)CC2CCCNC2)n[nH]1. The maximum Gasteiger partial charge on any atom is 0.223 e. The van der Waals surface area contributed by atoms with E-state index in [2.05, 4.69) is 20.5 Å². The van der Waals surface area contributed by atoms with Crippen molar-refractivity contribution < 1.29 is 4.79 Å². The fourth-order valence-corrected chi connectivity index (χ4v) is 2.26. The fraction of sp³-hybridized carbons (Fsp3) is 0.750. The van der Waals surface area contributed by atoms with Crippen LogP contribution in [0.5, 0.6) is 0 Å². The molecule has 0 aliphatic carbocycles. The minimum absolute atomic E-state index is 0.172. The van der Waals surface area contributed by atoms with Gasteiger partial charge in [0, 0.05) is 13.5 Å². The van der Waals surface area contributed by atoms with Crippen LogP contribution in [0, 0.1) is 12.8 Å². The van der Waals surface area contributed by atoms with Gasteiger partial charge in [-0.15, -0.1) is 0 Å². The van der Waals surface area contributed by atoms with Crippen molar-refractivity contribution in [1.82, 2.24) is 25.4 Å². The number of carbonyl (C=O) groups is 1. The van der Waals surface area contributed by atoms with Gasteiger partial charge in [0.15, 0.2) is 5.82 Å². The number of piperidine rings is 1. The van der Waals surface area contributed by atoms with E-state index in [9.17, 15) is 4.79 Å². The molecular formula is C12H21N5O. The lowest BCUT2D eigenvalue weighted by Crippen LogP contribution is -2.35. The fourth-order valence-electron chi connectivity index (χ4n) is 2.26. The highest BCUT2D eigenvalue weighted by Gasteiger charge is 2.19. The second-order valence-corrected chi connectivity index (χ2v) is 5.00. The third kappa shape index (κ3) is 3.53. The largest absolute Gasteiger partial charge is 0.338 e. The predicted molar refractivity (Wildman–Crippen MR) is 67.8 cm³/mol. The Hall–Kier alpha value is -1.43. The first-order chi connectivity index (χ1) is 8.65. The van der Waals surface area contributed by atoms with E-state index in [4.69, 9.17) is 0 Å². The Kier molecular flexibility index (Phi) is 4.30. The van der Waals surface area contributed by atoms with E-state index in [1.807, 2.05) is 14.0 Å². The predicted octanol–water partition coefficient (Wildman–Crippen LogP) is 0.461. The first-order valence-corrected chi connectivity index (χ1v) is 6.47. The zero-order chi connectivity index (χ0) is 13.0. The second kappa shape index (κ2) is 5.95. The molecule has 0 spiro atoms. The number of nitrogens with one attached hydrogen (secondary N) is 2. The minimum Gasteiger partial charge on any atom is -0.338 e. The van der Waals surface area contributed by atoms with Gasteiger partial charge in [-0.3, -0.25) is 9.89 Å². The quantitative estimate of drug-likeness (QED) is 0.815. The van der Waals surface area contributed by atoms with E-state index in [0.717, 1.165) is 25.3 Å². The average molecular weight is 251 g/mol. The maximum absolute atomic E-state index is 12.1. The molecule has 1 aromatic rings. The number of amides is 1. The van der Waals surface area contributed by atoms with Crippen LogP contribution in [-0.4, -0.2) is 46.1 Å². The summed E-state index contributed by atoms with van der Waals surface area (Å²) >= 11 is 0. The van der Waals surface area contributed by atoms with E-state index < -0.39 is 0 Å². The van der Waals surface area contributed by atoms with Crippen LogP contribution in [0.3, 0.4) is 0 Å². The molecule has 1 aromatic heterocycles. The standard InChI is InChI=1S/C12H21N5O/c1-9-14-11(16-15-9)8-17(2)12(18)6-10-4-3-5-13-7-10/h10,13H,3-8H2,1-2H3,(H,14,15,16). The summed E-state index contributed by atoms with van der Waals surface area (Å²) in [6, 6.07) is 0. The molecule has 2 heterocycles. The highest BCUT2D eigenvalue weighted by atomic mass is 16.2. The summed E-state index contributed by atoms with van der Waals surface area (Å²) in [4.78, 5) is 18.0. The van der Waals surface area contributed by atoms with Crippen LogP contribution in [-0.2, 0) is 11.3 Å². The number of nitrogens with zero attached hydrogens (tertiary/aromatic N) is 3. The molecule has 2 N–H and O–H groups in total. The summed E-state index contributed by atoms with van der Waals surface area (Å²) in [7, 11) is 1.81. The Labute approximate surface area is 107 Å². The summed E-state index contributed by atoms with van der Waals surface area (Å²) in [5.74, 6) is 2.10. The number of rotatable bonds is 4. The van der Waals surface area contributed by atoms with Gasteiger partial charge < -0.3 is 10.2 Å². The average Bonchev–Trinajstić information content (AvgIpc) is 2.76. The lowest BCUT2D eigenvalue weighted by Gasteiger charge is -2.24. The molecule has 0 bridgehead atoms. The minimum atomic E-state index is 0.172. The van der Waals surface area contributed by atoms with Gasteiger partial charge in [0.1, 0.15) is 5.82 Å². The zero-order valence-electron chi connectivity index (χ0n) is 11.1. The van der Waals surface area contributed by atoms with E-state index in [1.54, 1.807) is 4.90 Å². The molecule has 1 saturated heterocycles. The molecule has 1 atom stereocenters. The van der Waals surface area contributed by atoms with Crippen molar-refractivity contribution in [2.45, 2.75) is 32.7 Å². The van der Waals surface area contributed by atoms with Crippen LogP contribution < -0.4 is 5.32 Å². The molecule has 6 nitrogen and oxygen atoms in total. The van der Waals surface area contributed by atoms with Gasteiger partial charge in [-0.05, 0) is 38.8 Å². The summed E-state index contributed by atoms with van der Waals surface area (Å²) < 4.78 is 0. The second-order valence-electron chi connectivity index (χ2n) is 5.00. The van der Waals surface area contributed by atoms with Crippen molar-refractivity contribution in [3.8, 4) is 0 Å². The number of hydrogen-bond acceptors (Lipinski definition) is 4. The van der Waals surface area contributed by atoms with Crippen LogP contribution in [0.2, 0.25) is 0 Å². The molecule has 2 rings (SSSR count). The normalized spacial score (nSPS) is 19.8. The molecule has 18 heavy (non-hydrogen) atoms. The van der Waals surface area contributed by atoms with Crippen molar-refractivity contribution in [2.24, 2.45) is 5.92 Å². The van der Waals surface area contributed by atoms with Crippen LogP contribution in [0.25, 0.3) is 0 Å². The number of aryl methyl sites for hydroxylation is 1. The van der Waals surface area contributed by atoms with Crippen molar-refractivity contribution in [1.29, 1.82) is 0 Å². The first-order valence-electron chi connectivity index (χ1n) is 6.47. The monoisotopic (exact) mass is 251 g/mol. The van der Waals surface area contributed by atoms with Crippen molar-refractivity contribution >= 4 is 5.91 Å². The Morgan fingerprint density at radius 1 is 1.56 bits per heavy atom. The Bertz CT molecular complexity index is 397. The summed E-state index contributed by atoms with van der Waals surface area (Å²) in [5.41, 5.74) is 0. The summed E-state index contributed by atoms with van der Waals surface area (Å²) in [6.45, 7) is 4.37. The molecule has 0 aromatic carbocycles. The van der Waals surface area contributed by atoms with Gasteiger partial charge in [0.25, 0.3) is 0 Å². The molecule has 100 valence electrons. The van der Waals surface area contributed by atoms with Crippen LogP contribution >= 0.6 is 0 Å². The molecule has 0 saturated carbocycles. The van der Waals surface area contributed by atoms with Gasteiger partial charge >= 0.3 is 0 Å². The molecule has 1 amide bonds. The van der Waals surface area contributed by atoms with Crippen LogP contribution in [0.15, 0.2) is 0 Å². The highest BCUT2D eigenvalue weighted by molar-refractivity contribution is 5.76. The topological polar surface area (TPSA) is 73.9 Å². The Balaban J connectivity index is 1.80. The Morgan fingerprint density at radius 2 is 2.39 bits per heavy atom. The molecule has 1 fully saturated rings. The number of hydrogen-bond donors (Lipinski definition) is 2. The van der Waals surface area contributed by atoms with E-state index in [1.165, 1.54) is 6.42 Å². The first kappa shape index (κ1) is 13.0. The van der Waals surface area contributed by atoms with Crippen molar-refractivity contribution in [3.05, 3.63) is 11.6 Å². The zero-order valence-corrected chi connectivity index (χ0v) is 11.1. The molecule has 6 heteroatoms. The lowest BCUT2D eigenvalue weighted by atomic mass is 9.96. The molecule has 1 aliphatic heterocycles. The van der Waals surface area contributed by atoms with Crippen molar-refractivity contribution in [2.75, 3.05) is 20.1 Å². The molecular weight excluding hydrogens is 230 g/mol. The highest BCUT2D eigenvalue weighted by Crippen LogP contribution is 2.15. The van der Waals surface area contributed by atoms with Crippen LogP contribution in [0.1, 0.15) is 30.9 Å². The summed E-state index contributed by atoms with van der Waals surface area (Å²) in [5, 5.41) is 10.2. The van der Waals surface area contributed by atoms with E-state index in [0.29, 0.717) is 24.7 Å². The lowest BCUT2D eigenvalue weighted by molar-refractivity contribution is -0.131.